The maximum atomic E-state index is 10.4. The van der Waals surface area contributed by atoms with Gasteiger partial charge in [0.25, 0.3) is 0 Å². The monoisotopic (exact) mass is 196 g/mol. The molecule has 5 nitrogen and oxygen atoms in total. The zero-order valence-corrected chi connectivity index (χ0v) is 7.97. The van der Waals surface area contributed by atoms with Gasteiger partial charge in [-0.3, -0.25) is 0 Å². The summed E-state index contributed by atoms with van der Waals surface area (Å²) in [6, 6.07) is 0. The fourth-order valence-corrected chi connectivity index (χ4v) is 1.08. The Hall–Kier alpha value is -0.170. The first-order valence-electron chi connectivity index (χ1n) is 3.81. The minimum absolute atomic E-state index is 0.0627. The van der Waals surface area contributed by atoms with E-state index >= 15 is 0 Å². The smallest absolute Gasteiger partial charge is 0.210 e. The lowest BCUT2D eigenvalue weighted by molar-refractivity contribution is 0.184. The Kier molecular flexibility index (Phi) is 5.39. The summed E-state index contributed by atoms with van der Waals surface area (Å²) in [5.41, 5.74) is 0. The molecule has 1 atom stereocenters. The van der Waals surface area contributed by atoms with Crippen LogP contribution in [0.1, 0.15) is 13.3 Å². The molecule has 1 unspecified atom stereocenters. The highest BCUT2D eigenvalue weighted by molar-refractivity contribution is 7.89. The molecule has 0 aliphatic heterocycles. The van der Waals surface area contributed by atoms with Gasteiger partial charge in [0.05, 0.1) is 11.9 Å². The number of aliphatic hydroxyl groups is 1. The quantitative estimate of drug-likeness (QED) is 0.457. The first kappa shape index (κ1) is 11.8. The number of primary sulfonamides is 1. The van der Waals surface area contributed by atoms with E-state index in [1.807, 2.05) is 0 Å². The average Bonchev–Trinajstić information content (AvgIpc) is 1.83. The third-order valence-electron chi connectivity index (χ3n) is 1.30. The minimum atomic E-state index is -3.35. The summed E-state index contributed by atoms with van der Waals surface area (Å²) in [7, 11) is -3.35. The molecule has 4 N–H and O–H groups in total. The predicted molar refractivity (Wildman–Crippen MR) is 47.1 cm³/mol. The van der Waals surface area contributed by atoms with E-state index in [9.17, 15) is 8.42 Å². The highest BCUT2D eigenvalue weighted by Gasteiger charge is 2.01. The van der Waals surface area contributed by atoms with Crippen molar-refractivity contribution in [1.29, 1.82) is 0 Å². The maximum Gasteiger partial charge on any atom is 0.210 e. The first-order valence-corrected chi connectivity index (χ1v) is 5.52. The van der Waals surface area contributed by atoms with Crippen molar-refractivity contribution in [3.05, 3.63) is 0 Å². The van der Waals surface area contributed by atoms with Crippen LogP contribution in [0.5, 0.6) is 0 Å². The normalized spacial score (nSPS) is 14.6. The molecule has 0 rings (SSSR count). The van der Waals surface area contributed by atoms with Crippen LogP contribution in [0.3, 0.4) is 0 Å². The van der Waals surface area contributed by atoms with Crippen molar-refractivity contribution in [1.82, 2.24) is 5.32 Å². The van der Waals surface area contributed by atoms with Crippen LogP contribution in [0.2, 0.25) is 0 Å². The summed E-state index contributed by atoms with van der Waals surface area (Å²) in [5.74, 6) is -0.0627. The second-order valence-electron chi connectivity index (χ2n) is 2.75. The van der Waals surface area contributed by atoms with Crippen LogP contribution in [0.4, 0.5) is 0 Å². The Balaban J connectivity index is 3.23. The highest BCUT2D eigenvalue weighted by atomic mass is 32.2. The van der Waals surface area contributed by atoms with Gasteiger partial charge in [0.15, 0.2) is 0 Å². The van der Waals surface area contributed by atoms with Gasteiger partial charge in [-0.05, 0) is 19.9 Å². The van der Waals surface area contributed by atoms with Crippen molar-refractivity contribution >= 4 is 10.0 Å². The molecule has 0 heterocycles. The average molecular weight is 196 g/mol. The van der Waals surface area contributed by atoms with Crippen molar-refractivity contribution in [3.63, 3.8) is 0 Å². The molecule has 12 heavy (non-hydrogen) atoms. The van der Waals surface area contributed by atoms with Crippen LogP contribution < -0.4 is 10.5 Å². The molecule has 0 aliphatic carbocycles. The fraction of sp³-hybridized carbons (Fsp3) is 1.00. The number of hydrogen-bond donors (Lipinski definition) is 3. The van der Waals surface area contributed by atoms with Crippen LogP contribution in [-0.2, 0) is 10.0 Å². The van der Waals surface area contributed by atoms with Crippen LogP contribution in [0.15, 0.2) is 0 Å². The number of hydrogen-bond acceptors (Lipinski definition) is 4. The molecule has 0 aliphatic rings. The van der Waals surface area contributed by atoms with Gasteiger partial charge in [0.2, 0.25) is 10.0 Å². The van der Waals surface area contributed by atoms with E-state index in [0.29, 0.717) is 19.5 Å². The SMILES string of the molecule is CC(O)CCNCCS(N)(=O)=O. The molecular formula is C6H16N2O3S. The summed E-state index contributed by atoms with van der Waals surface area (Å²) in [5, 5.41) is 16.4. The Bertz CT molecular complexity index is 201. The lowest BCUT2D eigenvalue weighted by Crippen LogP contribution is -2.28. The van der Waals surface area contributed by atoms with Crippen LogP contribution in [0.25, 0.3) is 0 Å². The van der Waals surface area contributed by atoms with Crippen molar-refractivity contribution in [2.75, 3.05) is 18.8 Å². The second-order valence-corrected chi connectivity index (χ2v) is 4.49. The molecule has 0 aromatic carbocycles. The maximum absolute atomic E-state index is 10.4. The van der Waals surface area contributed by atoms with Crippen LogP contribution in [0, 0.1) is 0 Å². The first-order chi connectivity index (χ1) is 5.42. The number of sulfonamides is 1. The Morgan fingerprint density at radius 3 is 2.50 bits per heavy atom. The molecule has 0 saturated carbocycles. The van der Waals surface area contributed by atoms with Gasteiger partial charge in [-0.2, -0.15) is 0 Å². The van der Waals surface area contributed by atoms with Gasteiger partial charge in [0, 0.05) is 6.54 Å². The van der Waals surface area contributed by atoms with Gasteiger partial charge in [-0.15, -0.1) is 0 Å². The van der Waals surface area contributed by atoms with Crippen LogP contribution >= 0.6 is 0 Å². The lowest BCUT2D eigenvalue weighted by atomic mass is 10.3. The number of nitrogens with two attached hydrogens (primary N) is 1. The summed E-state index contributed by atoms with van der Waals surface area (Å²) in [6.45, 7) is 2.63. The zero-order chi connectivity index (χ0) is 9.61. The third-order valence-corrected chi connectivity index (χ3v) is 2.08. The molecular weight excluding hydrogens is 180 g/mol. The number of rotatable bonds is 6. The molecule has 0 fully saturated rings. The largest absolute Gasteiger partial charge is 0.393 e. The van der Waals surface area contributed by atoms with E-state index in [4.69, 9.17) is 10.2 Å². The van der Waals surface area contributed by atoms with E-state index in [1.165, 1.54) is 0 Å². The predicted octanol–water partition coefficient (Wildman–Crippen LogP) is -1.36. The topological polar surface area (TPSA) is 92.4 Å². The van der Waals surface area contributed by atoms with Gasteiger partial charge in [-0.25, -0.2) is 13.6 Å². The molecule has 0 saturated heterocycles. The lowest BCUT2D eigenvalue weighted by Gasteiger charge is -2.04. The van der Waals surface area contributed by atoms with Crippen molar-refractivity contribution in [3.8, 4) is 0 Å². The fourth-order valence-electron chi connectivity index (χ4n) is 0.650. The van der Waals surface area contributed by atoms with Gasteiger partial charge >= 0.3 is 0 Å². The molecule has 0 bridgehead atoms. The zero-order valence-electron chi connectivity index (χ0n) is 7.16. The van der Waals surface area contributed by atoms with Crippen molar-refractivity contribution in [2.45, 2.75) is 19.4 Å². The van der Waals surface area contributed by atoms with Crippen molar-refractivity contribution in [2.24, 2.45) is 5.14 Å². The van der Waals surface area contributed by atoms with E-state index in [-0.39, 0.29) is 11.9 Å². The second kappa shape index (κ2) is 5.47. The molecule has 0 aromatic heterocycles. The van der Waals surface area contributed by atoms with E-state index < -0.39 is 10.0 Å². The summed E-state index contributed by atoms with van der Waals surface area (Å²) < 4.78 is 20.8. The standard InChI is InChI=1S/C6H16N2O3S/c1-6(9)2-3-8-4-5-12(7,10)11/h6,8-9H,2-5H2,1H3,(H2,7,10,11). The van der Waals surface area contributed by atoms with E-state index in [1.54, 1.807) is 6.92 Å². The summed E-state index contributed by atoms with van der Waals surface area (Å²) in [4.78, 5) is 0. The molecule has 0 aromatic rings. The number of nitrogens with one attached hydrogen (secondary N) is 1. The third kappa shape index (κ3) is 9.83. The molecule has 0 radical (unpaired) electrons. The van der Waals surface area contributed by atoms with Crippen LogP contribution in [-0.4, -0.2) is 38.5 Å². The molecule has 6 heteroatoms. The van der Waals surface area contributed by atoms with Gasteiger partial charge in [0.1, 0.15) is 0 Å². The highest BCUT2D eigenvalue weighted by Crippen LogP contribution is 1.85. The van der Waals surface area contributed by atoms with Gasteiger partial charge < -0.3 is 10.4 Å². The molecule has 0 spiro atoms. The van der Waals surface area contributed by atoms with Crippen molar-refractivity contribution < 1.29 is 13.5 Å². The van der Waals surface area contributed by atoms with Gasteiger partial charge in [-0.1, -0.05) is 0 Å². The Morgan fingerprint density at radius 2 is 2.08 bits per heavy atom. The Labute approximate surface area is 73.0 Å². The number of aliphatic hydroxyl groups excluding tert-OH is 1. The van der Waals surface area contributed by atoms with E-state index in [2.05, 4.69) is 5.32 Å². The molecule has 0 amide bonds. The summed E-state index contributed by atoms with van der Waals surface area (Å²) >= 11 is 0. The molecule has 74 valence electrons. The van der Waals surface area contributed by atoms with E-state index in [0.717, 1.165) is 0 Å². The summed E-state index contributed by atoms with van der Waals surface area (Å²) in [6.07, 6.45) is 0.261. The minimum Gasteiger partial charge on any atom is -0.393 e. The Morgan fingerprint density at radius 1 is 1.50 bits per heavy atom.